The van der Waals surface area contributed by atoms with Crippen molar-refractivity contribution >= 4 is 28.3 Å². The maximum absolute atomic E-state index is 12.6. The van der Waals surface area contributed by atoms with Crippen LogP contribution in [0.4, 0.5) is 21.2 Å². The van der Waals surface area contributed by atoms with Gasteiger partial charge in [0.1, 0.15) is 5.82 Å². The van der Waals surface area contributed by atoms with E-state index in [1.165, 1.54) is 12.1 Å². The Balaban J connectivity index is 2.15. The molecule has 1 aromatic carbocycles. The second-order valence-corrected chi connectivity index (χ2v) is 3.34. The first-order valence-electron chi connectivity index (χ1n) is 3.86. The molecule has 1 heterocycles. The number of benzene rings is 1. The molecule has 6 heteroatoms. The molecule has 0 aliphatic heterocycles. The lowest BCUT2D eigenvalue weighted by molar-refractivity contribution is 0.628. The van der Waals surface area contributed by atoms with Crippen LogP contribution >= 0.6 is 11.5 Å². The Morgan fingerprint density at radius 1 is 1.29 bits per heavy atom. The number of nitrogens with two attached hydrogens (primary N) is 1. The minimum Gasteiger partial charge on any atom is -0.367 e. The Morgan fingerprint density at radius 3 is 2.57 bits per heavy atom. The normalized spacial score (nSPS) is 10.1. The molecule has 4 nitrogen and oxygen atoms in total. The number of halogens is 1. The van der Waals surface area contributed by atoms with Crippen LogP contribution < -0.4 is 11.1 Å². The molecule has 0 saturated carbocycles. The maximum atomic E-state index is 12.6. The molecule has 1 aromatic heterocycles. The Bertz CT molecular complexity index is 425. The van der Waals surface area contributed by atoms with Crippen LogP contribution in [0.15, 0.2) is 24.3 Å². The van der Waals surface area contributed by atoms with E-state index < -0.39 is 0 Å². The van der Waals surface area contributed by atoms with E-state index in [0.29, 0.717) is 5.13 Å². The van der Waals surface area contributed by atoms with Gasteiger partial charge < -0.3 is 11.1 Å². The molecule has 0 fully saturated rings. The lowest BCUT2D eigenvalue weighted by Crippen LogP contribution is -1.90. The van der Waals surface area contributed by atoms with Crippen molar-refractivity contribution < 1.29 is 4.39 Å². The smallest absolute Gasteiger partial charge is 0.233 e. The van der Waals surface area contributed by atoms with Crippen LogP contribution in [-0.2, 0) is 0 Å². The number of hydrogen-bond acceptors (Lipinski definition) is 5. The van der Waals surface area contributed by atoms with Gasteiger partial charge in [-0.05, 0) is 24.3 Å². The molecule has 0 bridgehead atoms. The lowest BCUT2D eigenvalue weighted by atomic mass is 10.3. The highest BCUT2D eigenvalue weighted by Crippen LogP contribution is 2.18. The zero-order chi connectivity index (χ0) is 9.97. The third-order valence-corrected chi connectivity index (χ3v) is 2.18. The van der Waals surface area contributed by atoms with E-state index in [1.54, 1.807) is 12.1 Å². The highest BCUT2D eigenvalue weighted by molar-refractivity contribution is 7.10. The molecule has 14 heavy (non-hydrogen) atoms. The summed E-state index contributed by atoms with van der Waals surface area (Å²) in [7, 11) is 0. The predicted molar refractivity (Wildman–Crippen MR) is 54.0 cm³/mol. The fraction of sp³-hybridized carbons (Fsp3) is 0. The van der Waals surface area contributed by atoms with Gasteiger partial charge in [-0.3, -0.25) is 0 Å². The minimum atomic E-state index is -0.271. The van der Waals surface area contributed by atoms with Crippen molar-refractivity contribution in [2.75, 3.05) is 11.1 Å². The standard InChI is InChI=1S/C8H7FN4S/c9-5-1-3-6(4-2-5)11-8-12-7(10)13-14-8/h1-4H,(H3,10,11,12,13). The summed E-state index contributed by atoms with van der Waals surface area (Å²) in [5.74, 6) is -0.0352. The molecule has 0 radical (unpaired) electrons. The molecule has 0 atom stereocenters. The van der Waals surface area contributed by atoms with Crippen molar-refractivity contribution in [2.24, 2.45) is 0 Å². The zero-order valence-electron chi connectivity index (χ0n) is 7.07. The van der Waals surface area contributed by atoms with Crippen LogP contribution in [0.25, 0.3) is 0 Å². The number of nitrogen functional groups attached to an aromatic ring is 1. The molecule has 2 rings (SSSR count). The first-order valence-corrected chi connectivity index (χ1v) is 4.63. The summed E-state index contributed by atoms with van der Waals surface area (Å²) in [4.78, 5) is 3.91. The van der Waals surface area contributed by atoms with Gasteiger partial charge in [0.25, 0.3) is 0 Å². The van der Waals surface area contributed by atoms with Crippen molar-refractivity contribution in [1.29, 1.82) is 0 Å². The Morgan fingerprint density at radius 2 is 2.00 bits per heavy atom. The fourth-order valence-electron chi connectivity index (χ4n) is 0.942. The molecule has 0 aliphatic rings. The van der Waals surface area contributed by atoms with Crippen LogP contribution in [0.2, 0.25) is 0 Å². The van der Waals surface area contributed by atoms with Gasteiger partial charge in [-0.25, -0.2) is 4.39 Å². The average molecular weight is 210 g/mol. The maximum Gasteiger partial charge on any atom is 0.233 e. The predicted octanol–water partition coefficient (Wildman–Crippen LogP) is 2.00. The first kappa shape index (κ1) is 8.89. The van der Waals surface area contributed by atoms with Crippen molar-refractivity contribution in [3.63, 3.8) is 0 Å². The highest BCUT2D eigenvalue weighted by Gasteiger charge is 2.00. The minimum absolute atomic E-state index is 0.236. The molecule has 0 saturated heterocycles. The van der Waals surface area contributed by atoms with Crippen molar-refractivity contribution in [3.05, 3.63) is 30.1 Å². The molecular formula is C8H7FN4S. The van der Waals surface area contributed by atoms with Gasteiger partial charge >= 0.3 is 0 Å². The second-order valence-electron chi connectivity index (χ2n) is 2.59. The largest absolute Gasteiger partial charge is 0.367 e. The fourth-order valence-corrected chi connectivity index (χ4v) is 1.46. The number of aromatic nitrogens is 2. The number of nitrogens with one attached hydrogen (secondary N) is 1. The number of hydrogen-bond donors (Lipinski definition) is 2. The van der Waals surface area contributed by atoms with Crippen LogP contribution in [-0.4, -0.2) is 9.36 Å². The van der Waals surface area contributed by atoms with Crippen molar-refractivity contribution in [1.82, 2.24) is 9.36 Å². The summed E-state index contributed by atoms with van der Waals surface area (Å²) in [6, 6.07) is 5.97. The number of rotatable bonds is 2. The van der Waals surface area contributed by atoms with Crippen LogP contribution in [0.3, 0.4) is 0 Å². The second kappa shape index (κ2) is 3.59. The molecule has 0 unspecified atom stereocenters. The molecule has 0 spiro atoms. The van der Waals surface area contributed by atoms with Gasteiger partial charge in [0.05, 0.1) is 0 Å². The third kappa shape index (κ3) is 1.97. The molecule has 3 N–H and O–H groups in total. The Labute approximate surface area is 83.8 Å². The van der Waals surface area contributed by atoms with E-state index in [1.807, 2.05) is 0 Å². The van der Waals surface area contributed by atoms with Gasteiger partial charge in [0, 0.05) is 17.2 Å². The number of nitrogens with zero attached hydrogens (tertiary/aromatic N) is 2. The summed E-state index contributed by atoms with van der Waals surface area (Å²) in [6.45, 7) is 0. The SMILES string of the molecule is Nc1nsc(Nc2ccc(F)cc2)n1. The average Bonchev–Trinajstić information content (AvgIpc) is 2.56. The molecule has 0 amide bonds. The number of anilines is 3. The Kier molecular flexibility index (Phi) is 2.28. The van der Waals surface area contributed by atoms with Crippen molar-refractivity contribution in [3.8, 4) is 0 Å². The highest BCUT2D eigenvalue weighted by atomic mass is 32.1. The quantitative estimate of drug-likeness (QED) is 0.795. The summed E-state index contributed by atoms with van der Waals surface area (Å²) in [5, 5.41) is 3.54. The molecule has 2 aromatic rings. The molecular weight excluding hydrogens is 203 g/mol. The van der Waals surface area contributed by atoms with Gasteiger partial charge in [-0.15, -0.1) is 0 Å². The lowest BCUT2D eigenvalue weighted by Gasteiger charge is -1.99. The van der Waals surface area contributed by atoms with E-state index in [-0.39, 0.29) is 11.8 Å². The monoisotopic (exact) mass is 210 g/mol. The van der Waals surface area contributed by atoms with Crippen LogP contribution in [0.1, 0.15) is 0 Å². The van der Waals surface area contributed by atoms with E-state index >= 15 is 0 Å². The summed E-state index contributed by atoms with van der Waals surface area (Å²) in [6.07, 6.45) is 0. The van der Waals surface area contributed by atoms with Gasteiger partial charge in [-0.2, -0.15) is 9.36 Å². The summed E-state index contributed by atoms with van der Waals surface area (Å²) in [5.41, 5.74) is 6.10. The van der Waals surface area contributed by atoms with Gasteiger partial charge in [0.15, 0.2) is 0 Å². The summed E-state index contributed by atoms with van der Waals surface area (Å²) < 4.78 is 16.4. The van der Waals surface area contributed by atoms with Crippen molar-refractivity contribution in [2.45, 2.75) is 0 Å². The first-order chi connectivity index (χ1) is 6.74. The van der Waals surface area contributed by atoms with Gasteiger partial charge in [-0.1, -0.05) is 0 Å². The van der Waals surface area contributed by atoms with Gasteiger partial charge in [0.2, 0.25) is 11.1 Å². The molecule has 0 aliphatic carbocycles. The van der Waals surface area contributed by atoms with E-state index in [0.717, 1.165) is 17.2 Å². The zero-order valence-corrected chi connectivity index (χ0v) is 7.88. The van der Waals surface area contributed by atoms with E-state index in [2.05, 4.69) is 14.7 Å². The third-order valence-electron chi connectivity index (χ3n) is 1.54. The summed E-state index contributed by atoms with van der Waals surface area (Å²) >= 11 is 1.16. The van der Waals surface area contributed by atoms with E-state index in [9.17, 15) is 4.39 Å². The van der Waals surface area contributed by atoms with Crippen LogP contribution in [0.5, 0.6) is 0 Å². The molecule has 72 valence electrons. The van der Waals surface area contributed by atoms with E-state index in [4.69, 9.17) is 5.73 Å². The Hall–Kier alpha value is -1.69. The topological polar surface area (TPSA) is 63.8 Å². The van der Waals surface area contributed by atoms with Crippen LogP contribution in [0, 0.1) is 5.82 Å².